The number of carboxylic acids is 1. The van der Waals surface area contributed by atoms with Crippen molar-refractivity contribution in [2.24, 2.45) is 0 Å². The van der Waals surface area contributed by atoms with Gasteiger partial charge in [-0.2, -0.15) is 0 Å². The van der Waals surface area contributed by atoms with Crippen molar-refractivity contribution in [3.05, 3.63) is 186 Å². The second-order valence-electron chi connectivity index (χ2n) is 13.7. The number of imidazole rings is 1. The van der Waals surface area contributed by atoms with Crippen molar-refractivity contribution in [3.63, 3.8) is 0 Å². The molecule has 9 nitrogen and oxygen atoms in total. The number of amides is 2. The normalized spacial score (nSPS) is 13.0. The van der Waals surface area contributed by atoms with Crippen LogP contribution in [0.15, 0.2) is 152 Å². The summed E-state index contributed by atoms with van der Waals surface area (Å²) in [5, 5.41) is 15.1. The van der Waals surface area contributed by atoms with Crippen LogP contribution in [-0.2, 0) is 26.3 Å². The largest absolute Gasteiger partial charge is 0.480 e. The Hall–Kier alpha value is -6.48. The van der Waals surface area contributed by atoms with E-state index in [4.69, 9.17) is 9.72 Å². The Morgan fingerprint density at radius 2 is 1.21 bits per heavy atom. The number of aliphatic carboxylic acids is 1. The van der Waals surface area contributed by atoms with Gasteiger partial charge in [0.2, 0.25) is 5.91 Å². The molecule has 7 rings (SSSR count). The SMILES string of the molecule is CC(C)(NC(=O)[C@@H](Cc1cn(C(c2ccccc2)(c2ccccc2)c2ccccc2)cn1)NC(=O)OCC1c2ccccc2-c2ccccc21)C(=O)O. The number of nitrogens with zero attached hydrogens (tertiary/aromatic N) is 2. The molecule has 1 aliphatic carbocycles. The van der Waals surface area contributed by atoms with Crippen LogP contribution in [0.5, 0.6) is 0 Å². The number of ether oxygens (including phenoxy) is 1. The molecule has 0 saturated carbocycles. The molecule has 0 aliphatic heterocycles. The highest BCUT2D eigenvalue weighted by molar-refractivity contribution is 5.91. The number of alkyl carbamates (subject to hydrolysis) is 1. The maximum Gasteiger partial charge on any atom is 0.407 e. The second-order valence-corrected chi connectivity index (χ2v) is 13.7. The Kier molecular flexibility index (Phi) is 9.65. The molecule has 53 heavy (non-hydrogen) atoms. The minimum Gasteiger partial charge on any atom is -0.480 e. The molecule has 0 radical (unpaired) electrons. The molecule has 0 fully saturated rings. The van der Waals surface area contributed by atoms with E-state index in [-0.39, 0.29) is 18.9 Å². The molecule has 1 aromatic heterocycles. The summed E-state index contributed by atoms with van der Waals surface area (Å²) >= 11 is 0. The first-order valence-electron chi connectivity index (χ1n) is 17.6. The fraction of sp³-hybridized carbons (Fsp3) is 0.182. The second kappa shape index (κ2) is 14.6. The van der Waals surface area contributed by atoms with E-state index in [1.54, 1.807) is 6.33 Å². The summed E-state index contributed by atoms with van der Waals surface area (Å²) in [6.07, 6.45) is 2.76. The molecule has 1 aliphatic rings. The van der Waals surface area contributed by atoms with Crippen molar-refractivity contribution in [2.75, 3.05) is 6.61 Å². The summed E-state index contributed by atoms with van der Waals surface area (Å²) in [5.41, 5.74) is 5.37. The van der Waals surface area contributed by atoms with Crippen LogP contribution in [0.1, 0.15) is 53.3 Å². The Morgan fingerprint density at radius 3 is 1.70 bits per heavy atom. The number of carbonyl (C=O) groups is 3. The van der Waals surface area contributed by atoms with Crippen LogP contribution in [0.25, 0.3) is 11.1 Å². The number of carbonyl (C=O) groups excluding carboxylic acids is 2. The number of rotatable bonds is 12. The van der Waals surface area contributed by atoms with E-state index in [0.29, 0.717) is 5.69 Å². The number of benzene rings is 5. The molecule has 0 bridgehead atoms. The number of nitrogens with one attached hydrogen (secondary N) is 2. The third kappa shape index (κ3) is 6.81. The maximum atomic E-state index is 13.8. The van der Waals surface area contributed by atoms with Crippen molar-refractivity contribution < 1.29 is 24.2 Å². The van der Waals surface area contributed by atoms with Crippen molar-refractivity contribution in [3.8, 4) is 11.1 Å². The number of hydrogen-bond acceptors (Lipinski definition) is 5. The van der Waals surface area contributed by atoms with Gasteiger partial charge in [0.1, 0.15) is 23.7 Å². The molecule has 0 saturated heterocycles. The van der Waals surface area contributed by atoms with E-state index in [2.05, 4.69) is 59.2 Å². The molecule has 266 valence electrons. The van der Waals surface area contributed by atoms with Gasteiger partial charge in [0.05, 0.1) is 12.0 Å². The summed E-state index contributed by atoms with van der Waals surface area (Å²) < 4.78 is 7.82. The molecular weight excluding hydrogens is 665 g/mol. The first kappa shape index (κ1) is 34.9. The van der Waals surface area contributed by atoms with Gasteiger partial charge in [-0.25, -0.2) is 14.6 Å². The summed E-state index contributed by atoms with van der Waals surface area (Å²) in [5.74, 6) is -2.07. The van der Waals surface area contributed by atoms with Crippen LogP contribution in [0.3, 0.4) is 0 Å². The van der Waals surface area contributed by atoms with Crippen LogP contribution in [-0.4, -0.2) is 50.8 Å². The highest BCUT2D eigenvalue weighted by Gasteiger charge is 2.39. The van der Waals surface area contributed by atoms with Gasteiger partial charge < -0.3 is 25.0 Å². The van der Waals surface area contributed by atoms with Crippen molar-refractivity contribution in [2.45, 2.75) is 43.3 Å². The zero-order valence-corrected chi connectivity index (χ0v) is 29.5. The van der Waals surface area contributed by atoms with E-state index >= 15 is 0 Å². The lowest BCUT2D eigenvalue weighted by Gasteiger charge is -2.37. The predicted molar refractivity (Wildman–Crippen MR) is 202 cm³/mol. The topological polar surface area (TPSA) is 123 Å². The minimum atomic E-state index is -1.60. The summed E-state index contributed by atoms with van der Waals surface area (Å²) in [6, 6.07) is 45.2. The van der Waals surface area contributed by atoms with Gasteiger partial charge in [-0.1, -0.05) is 140 Å². The first-order valence-corrected chi connectivity index (χ1v) is 17.6. The van der Waals surface area contributed by atoms with Crippen LogP contribution in [0.4, 0.5) is 4.79 Å². The highest BCUT2D eigenvalue weighted by atomic mass is 16.5. The Labute approximate surface area is 308 Å². The van der Waals surface area contributed by atoms with Gasteiger partial charge in [-0.3, -0.25) is 4.79 Å². The molecule has 1 heterocycles. The van der Waals surface area contributed by atoms with Crippen LogP contribution in [0, 0.1) is 0 Å². The number of fused-ring (bicyclic) bond motifs is 3. The molecule has 1 atom stereocenters. The fourth-order valence-electron chi connectivity index (χ4n) is 7.29. The summed E-state index contributed by atoms with van der Waals surface area (Å²) in [6.45, 7) is 2.83. The average molecular weight is 705 g/mol. The highest BCUT2D eigenvalue weighted by Crippen LogP contribution is 2.45. The summed E-state index contributed by atoms with van der Waals surface area (Å²) in [7, 11) is 0. The predicted octanol–water partition coefficient (Wildman–Crippen LogP) is 7.15. The lowest BCUT2D eigenvalue weighted by atomic mass is 9.77. The van der Waals surface area contributed by atoms with E-state index < -0.39 is 35.1 Å². The quantitative estimate of drug-likeness (QED) is 0.116. The molecule has 5 aromatic carbocycles. The van der Waals surface area contributed by atoms with Crippen molar-refractivity contribution >= 4 is 18.0 Å². The smallest absolute Gasteiger partial charge is 0.407 e. The molecule has 6 aromatic rings. The van der Waals surface area contributed by atoms with Gasteiger partial charge in [0, 0.05) is 18.5 Å². The molecule has 0 unspecified atom stereocenters. The number of carboxylic acid groups (broad SMARTS) is 1. The van der Waals surface area contributed by atoms with E-state index in [0.717, 1.165) is 38.9 Å². The average Bonchev–Trinajstić information content (AvgIpc) is 3.78. The van der Waals surface area contributed by atoms with E-state index in [9.17, 15) is 19.5 Å². The third-order valence-electron chi connectivity index (χ3n) is 9.93. The summed E-state index contributed by atoms with van der Waals surface area (Å²) in [4.78, 5) is 44.0. The lowest BCUT2D eigenvalue weighted by Crippen LogP contribution is -2.57. The fourth-order valence-corrected chi connectivity index (χ4v) is 7.29. The van der Waals surface area contributed by atoms with Crippen molar-refractivity contribution in [1.82, 2.24) is 20.2 Å². The van der Waals surface area contributed by atoms with Crippen LogP contribution >= 0.6 is 0 Å². The Bertz CT molecular complexity index is 2090. The molecule has 3 N–H and O–H groups in total. The molecular formula is C44H40N4O5. The van der Waals surface area contributed by atoms with Gasteiger partial charge in [-0.15, -0.1) is 0 Å². The number of aromatic nitrogens is 2. The maximum absolute atomic E-state index is 13.8. The van der Waals surface area contributed by atoms with E-state index in [1.165, 1.54) is 13.8 Å². The standard InChI is InChI=1S/C44H40N4O5/c1-43(2,41(50)51)47-40(49)39(46-42(52)53-28-38-36-24-14-12-22-34(36)35-23-13-15-25-37(35)38)26-33-27-48(29-45-33)44(30-16-6-3-7-17-30,31-18-8-4-9-19-31)32-20-10-5-11-21-32/h3-25,27,29,38-39H,26,28H2,1-2H3,(H,46,52)(H,47,49)(H,50,51)/t39-/m1/s1. The van der Waals surface area contributed by atoms with E-state index in [1.807, 2.05) is 102 Å². The van der Waals surface area contributed by atoms with Crippen LogP contribution in [0.2, 0.25) is 0 Å². The first-order chi connectivity index (χ1) is 25.7. The van der Waals surface area contributed by atoms with Gasteiger partial charge in [-0.05, 0) is 52.8 Å². The minimum absolute atomic E-state index is 0.0345. The molecule has 2 amide bonds. The Morgan fingerprint density at radius 1 is 0.736 bits per heavy atom. The molecule has 0 spiro atoms. The van der Waals surface area contributed by atoms with Gasteiger partial charge in [0.15, 0.2) is 0 Å². The van der Waals surface area contributed by atoms with Gasteiger partial charge in [0.25, 0.3) is 0 Å². The molecule has 9 heteroatoms. The zero-order valence-electron chi connectivity index (χ0n) is 29.5. The number of hydrogen-bond donors (Lipinski definition) is 3. The zero-order chi connectivity index (χ0) is 37.0. The Balaban J connectivity index is 1.20. The third-order valence-corrected chi connectivity index (χ3v) is 9.93. The van der Waals surface area contributed by atoms with Gasteiger partial charge >= 0.3 is 12.1 Å². The van der Waals surface area contributed by atoms with Crippen molar-refractivity contribution in [1.29, 1.82) is 0 Å². The lowest BCUT2D eigenvalue weighted by molar-refractivity contribution is -0.146. The monoisotopic (exact) mass is 704 g/mol. The van der Waals surface area contributed by atoms with Crippen LogP contribution < -0.4 is 10.6 Å².